The second-order valence-electron chi connectivity index (χ2n) is 3.05. The van der Waals surface area contributed by atoms with E-state index in [0.29, 0.717) is 17.9 Å². The molecule has 0 aromatic heterocycles. The molecule has 0 saturated heterocycles. The maximum atomic E-state index is 11.3. The van der Waals surface area contributed by atoms with Gasteiger partial charge in [0, 0.05) is 4.47 Å². The summed E-state index contributed by atoms with van der Waals surface area (Å²) in [5.74, 6) is 0.694. The molecule has 0 aliphatic heterocycles. The Morgan fingerprint density at radius 3 is 2.79 bits per heavy atom. The maximum absolute atomic E-state index is 11.3. The van der Waals surface area contributed by atoms with Crippen LogP contribution in [-0.4, -0.2) is 12.4 Å². The van der Waals surface area contributed by atoms with Crippen LogP contribution in [0.3, 0.4) is 0 Å². The number of halogens is 1. The van der Waals surface area contributed by atoms with Crippen LogP contribution >= 0.6 is 15.9 Å². The SMILES string of the molecule is CCCOc1ccc(Br)cc1C(C)=O. The number of Topliss-reactive ketones (excluding diaryl/α,β-unsaturated/α-hetero) is 1. The Bertz CT molecular complexity index is 334. The van der Waals surface area contributed by atoms with Gasteiger partial charge >= 0.3 is 0 Å². The van der Waals surface area contributed by atoms with Crippen molar-refractivity contribution in [2.45, 2.75) is 20.3 Å². The number of carbonyl (C=O) groups excluding carboxylic acids is 1. The smallest absolute Gasteiger partial charge is 0.163 e. The molecule has 0 radical (unpaired) electrons. The van der Waals surface area contributed by atoms with Crippen LogP contribution < -0.4 is 4.74 Å². The summed E-state index contributed by atoms with van der Waals surface area (Å²) < 4.78 is 6.36. The molecule has 0 aliphatic carbocycles. The molecule has 76 valence electrons. The Balaban J connectivity index is 2.96. The fourth-order valence-corrected chi connectivity index (χ4v) is 1.48. The largest absolute Gasteiger partial charge is 0.493 e. The molecule has 0 amide bonds. The van der Waals surface area contributed by atoms with Crippen molar-refractivity contribution in [3.05, 3.63) is 28.2 Å². The van der Waals surface area contributed by atoms with Crippen LogP contribution in [-0.2, 0) is 0 Å². The Kier molecular flexibility index (Phi) is 4.14. The summed E-state index contributed by atoms with van der Waals surface area (Å²) in [6.45, 7) is 4.22. The molecule has 0 unspecified atom stereocenters. The van der Waals surface area contributed by atoms with Gasteiger partial charge in [-0.2, -0.15) is 0 Å². The molecule has 0 fully saturated rings. The monoisotopic (exact) mass is 256 g/mol. The molecule has 0 atom stereocenters. The minimum atomic E-state index is 0.0254. The number of ketones is 1. The van der Waals surface area contributed by atoms with Gasteiger partial charge in [-0.1, -0.05) is 22.9 Å². The molecular formula is C11H13BrO2. The van der Waals surface area contributed by atoms with Crippen molar-refractivity contribution in [3.63, 3.8) is 0 Å². The normalized spacial score (nSPS) is 9.93. The first-order valence-corrected chi connectivity index (χ1v) is 5.37. The van der Waals surface area contributed by atoms with Gasteiger partial charge in [0.05, 0.1) is 12.2 Å². The predicted octanol–water partition coefficient (Wildman–Crippen LogP) is 3.44. The Labute approximate surface area is 92.4 Å². The topological polar surface area (TPSA) is 26.3 Å². The van der Waals surface area contributed by atoms with Crippen molar-refractivity contribution in [2.24, 2.45) is 0 Å². The minimum absolute atomic E-state index is 0.0254. The van der Waals surface area contributed by atoms with E-state index in [0.717, 1.165) is 10.9 Å². The Morgan fingerprint density at radius 2 is 2.21 bits per heavy atom. The van der Waals surface area contributed by atoms with Gasteiger partial charge in [0.2, 0.25) is 0 Å². The van der Waals surface area contributed by atoms with E-state index in [1.165, 1.54) is 0 Å². The van der Waals surface area contributed by atoms with Gasteiger partial charge < -0.3 is 4.74 Å². The second kappa shape index (κ2) is 5.15. The minimum Gasteiger partial charge on any atom is -0.493 e. The lowest BCUT2D eigenvalue weighted by atomic mass is 10.1. The fourth-order valence-electron chi connectivity index (χ4n) is 1.12. The van der Waals surface area contributed by atoms with Crippen LogP contribution in [0.5, 0.6) is 5.75 Å². The van der Waals surface area contributed by atoms with E-state index < -0.39 is 0 Å². The van der Waals surface area contributed by atoms with Crippen LogP contribution in [0.15, 0.2) is 22.7 Å². The highest BCUT2D eigenvalue weighted by molar-refractivity contribution is 9.10. The van der Waals surface area contributed by atoms with E-state index in [2.05, 4.69) is 15.9 Å². The summed E-state index contributed by atoms with van der Waals surface area (Å²) in [5.41, 5.74) is 0.632. The molecule has 0 saturated carbocycles. The van der Waals surface area contributed by atoms with E-state index in [4.69, 9.17) is 4.74 Å². The van der Waals surface area contributed by atoms with Gasteiger partial charge in [0.25, 0.3) is 0 Å². The number of rotatable bonds is 4. The fraction of sp³-hybridized carbons (Fsp3) is 0.364. The third kappa shape index (κ3) is 2.84. The molecule has 0 heterocycles. The summed E-state index contributed by atoms with van der Waals surface area (Å²) in [6, 6.07) is 5.47. The summed E-state index contributed by atoms with van der Waals surface area (Å²) in [7, 11) is 0. The van der Waals surface area contributed by atoms with Gasteiger partial charge in [-0.05, 0) is 31.5 Å². The highest BCUT2D eigenvalue weighted by Gasteiger charge is 2.08. The number of hydrogen-bond acceptors (Lipinski definition) is 2. The molecule has 14 heavy (non-hydrogen) atoms. The van der Waals surface area contributed by atoms with Crippen molar-refractivity contribution < 1.29 is 9.53 Å². The highest BCUT2D eigenvalue weighted by atomic mass is 79.9. The molecule has 1 rings (SSSR count). The van der Waals surface area contributed by atoms with E-state index in [1.54, 1.807) is 13.0 Å². The summed E-state index contributed by atoms with van der Waals surface area (Å²) in [5, 5.41) is 0. The van der Waals surface area contributed by atoms with Gasteiger partial charge in [-0.3, -0.25) is 4.79 Å². The molecule has 0 bridgehead atoms. The second-order valence-corrected chi connectivity index (χ2v) is 3.96. The van der Waals surface area contributed by atoms with Gasteiger partial charge in [0.1, 0.15) is 5.75 Å². The third-order valence-electron chi connectivity index (χ3n) is 1.78. The number of carbonyl (C=O) groups is 1. The first kappa shape index (κ1) is 11.2. The zero-order chi connectivity index (χ0) is 10.6. The first-order valence-electron chi connectivity index (χ1n) is 4.58. The molecule has 0 spiro atoms. The molecule has 2 nitrogen and oxygen atoms in total. The van der Waals surface area contributed by atoms with Crippen molar-refractivity contribution in [1.29, 1.82) is 0 Å². The molecule has 0 N–H and O–H groups in total. The summed E-state index contributed by atoms with van der Waals surface area (Å²) in [6.07, 6.45) is 0.938. The quantitative estimate of drug-likeness (QED) is 0.772. The van der Waals surface area contributed by atoms with E-state index in [1.807, 2.05) is 19.1 Å². The molecular weight excluding hydrogens is 244 g/mol. The third-order valence-corrected chi connectivity index (χ3v) is 2.28. The van der Waals surface area contributed by atoms with E-state index in [9.17, 15) is 4.79 Å². The average Bonchev–Trinajstić information content (AvgIpc) is 2.15. The van der Waals surface area contributed by atoms with Gasteiger partial charge in [0.15, 0.2) is 5.78 Å². The van der Waals surface area contributed by atoms with Crippen molar-refractivity contribution >= 4 is 21.7 Å². The summed E-state index contributed by atoms with van der Waals surface area (Å²) in [4.78, 5) is 11.3. The molecule has 1 aromatic rings. The van der Waals surface area contributed by atoms with Crippen molar-refractivity contribution in [2.75, 3.05) is 6.61 Å². The number of benzene rings is 1. The lowest BCUT2D eigenvalue weighted by Crippen LogP contribution is -2.01. The van der Waals surface area contributed by atoms with E-state index >= 15 is 0 Å². The van der Waals surface area contributed by atoms with Crippen LogP contribution in [0.4, 0.5) is 0 Å². The number of ether oxygens (including phenoxy) is 1. The lowest BCUT2D eigenvalue weighted by molar-refractivity contribution is 0.101. The number of hydrogen-bond donors (Lipinski definition) is 0. The van der Waals surface area contributed by atoms with Crippen LogP contribution in [0.25, 0.3) is 0 Å². The van der Waals surface area contributed by atoms with Gasteiger partial charge in [-0.15, -0.1) is 0 Å². The standard InChI is InChI=1S/C11H13BrO2/c1-3-6-14-11-5-4-9(12)7-10(11)8(2)13/h4-5,7H,3,6H2,1-2H3. The predicted molar refractivity (Wildman–Crippen MR) is 59.9 cm³/mol. The maximum Gasteiger partial charge on any atom is 0.163 e. The van der Waals surface area contributed by atoms with Gasteiger partial charge in [-0.25, -0.2) is 0 Å². The average molecular weight is 257 g/mol. The summed E-state index contributed by atoms with van der Waals surface area (Å²) >= 11 is 3.32. The highest BCUT2D eigenvalue weighted by Crippen LogP contribution is 2.23. The van der Waals surface area contributed by atoms with Crippen molar-refractivity contribution in [1.82, 2.24) is 0 Å². The van der Waals surface area contributed by atoms with Crippen molar-refractivity contribution in [3.8, 4) is 5.75 Å². The first-order chi connectivity index (χ1) is 6.65. The zero-order valence-electron chi connectivity index (χ0n) is 8.34. The zero-order valence-corrected chi connectivity index (χ0v) is 9.93. The molecule has 3 heteroatoms. The van der Waals surface area contributed by atoms with E-state index in [-0.39, 0.29) is 5.78 Å². The molecule has 0 aliphatic rings. The molecule has 1 aromatic carbocycles. The van der Waals surface area contributed by atoms with Crippen LogP contribution in [0.1, 0.15) is 30.6 Å². The lowest BCUT2D eigenvalue weighted by Gasteiger charge is -2.08. The Morgan fingerprint density at radius 1 is 1.50 bits per heavy atom. The van der Waals surface area contributed by atoms with Crippen LogP contribution in [0.2, 0.25) is 0 Å². The Hall–Kier alpha value is -0.830. The van der Waals surface area contributed by atoms with Crippen LogP contribution in [0, 0.1) is 0 Å².